The fourth-order valence-corrected chi connectivity index (χ4v) is 1.73. The van der Waals surface area contributed by atoms with Crippen LogP contribution in [0.15, 0.2) is 0 Å². The summed E-state index contributed by atoms with van der Waals surface area (Å²) >= 11 is 0. The second-order valence-corrected chi connectivity index (χ2v) is 3.54. The molecule has 0 amide bonds. The molecule has 6 N–H and O–H groups in total. The van der Waals surface area contributed by atoms with Crippen LogP contribution in [0.1, 0.15) is 13.3 Å². The third-order valence-corrected chi connectivity index (χ3v) is 2.54. The summed E-state index contributed by atoms with van der Waals surface area (Å²) < 4.78 is 0. The van der Waals surface area contributed by atoms with E-state index in [0.717, 1.165) is 0 Å². The lowest BCUT2D eigenvalue weighted by molar-refractivity contribution is -0.106. The van der Waals surface area contributed by atoms with E-state index < -0.39 is 24.4 Å². The predicted molar refractivity (Wildman–Crippen MR) is 48.1 cm³/mol. The largest absolute Gasteiger partial charge is 0.389 e. The lowest BCUT2D eigenvalue weighted by atomic mass is 9.84. The number of hydrogen-bond acceptors (Lipinski definition) is 5. The Morgan fingerprint density at radius 3 is 2.38 bits per heavy atom. The first-order valence-corrected chi connectivity index (χ1v) is 4.61. The van der Waals surface area contributed by atoms with Gasteiger partial charge in [-0.2, -0.15) is 0 Å². The minimum atomic E-state index is -1.15. The van der Waals surface area contributed by atoms with E-state index in [2.05, 4.69) is 5.32 Å². The molecule has 5 atom stereocenters. The van der Waals surface area contributed by atoms with Crippen LogP contribution in [0.4, 0.5) is 0 Å². The monoisotopic (exact) mass is 190 g/mol. The van der Waals surface area contributed by atoms with Crippen molar-refractivity contribution in [1.82, 2.24) is 5.32 Å². The molecule has 0 aliphatic heterocycles. The normalized spacial score (nSPS) is 46.4. The zero-order valence-electron chi connectivity index (χ0n) is 7.72. The Morgan fingerprint density at radius 2 is 1.85 bits per heavy atom. The van der Waals surface area contributed by atoms with Crippen LogP contribution in [0, 0.1) is 0 Å². The molecule has 0 spiro atoms. The van der Waals surface area contributed by atoms with E-state index in [-0.39, 0.29) is 6.04 Å². The minimum absolute atomic E-state index is 0.224. The molecule has 78 valence electrons. The molecule has 5 heteroatoms. The van der Waals surface area contributed by atoms with Gasteiger partial charge in [-0.3, -0.25) is 0 Å². The Bertz CT molecular complexity index is 167. The second kappa shape index (κ2) is 4.34. The van der Waals surface area contributed by atoms with E-state index >= 15 is 0 Å². The van der Waals surface area contributed by atoms with E-state index in [9.17, 15) is 15.3 Å². The third kappa shape index (κ3) is 2.18. The smallest absolute Gasteiger partial charge is 0.109 e. The van der Waals surface area contributed by atoms with Gasteiger partial charge in [0.05, 0.1) is 12.2 Å². The maximum atomic E-state index is 9.53. The molecule has 0 saturated heterocycles. The van der Waals surface area contributed by atoms with Gasteiger partial charge in [0.15, 0.2) is 0 Å². The number of nitrogens with two attached hydrogens (primary N) is 1. The summed E-state index contributed by atoms with van der Waals surface area (Å²) in [4.78, 5) is 0. The molecule has 1 rings (SSSR count). The molecule has 0 aromatic carbocycles. The molecule has 1 aliphatic rings. The summed E-state index contributed by atoms with van der Waals surface area (Å²) in [6.45, 7) is 2.62. The number of hydrogen-bond donors (Lipinski definition) is 5. The van der Waals surface area contributed by atoms with Crippen molar-refractivity contribution in [1.29, 1.82) is 0 Å². The summed E-state index contributed by atoms with van der Waals surface area (Å²) in [6, 6.07) is -0.694. The molecule has 0 radical (unpaired) electrons. The number of aliphatic hydroxyl groups excluding tert-OH is 3. The standard InChI is InChI=1S/C8H18N2O3/c1-2-10-5-3-4(9)6(11)8(13)7(5)12/h4-8,10-13H,2-3,9H2,1H3/t4-,5+,6+,7-,8-/m0/s1. The minimum Gasteiger partial charge on any atom is -0.389 e. The van der Waals surface area contributed by atoms with Gasteiger partial charge in [0.25, 0.3) is 0 Å². The van der Waals surface area contributed by atoms with Crippen LogP contribution in [-0.2, 0) is 0 Å². The van der Waals surface area contributed by atoms with E-state index in [0.29, 0.717) is 13.0 Å². The average Bonchev–Trinajstić information content (AvgIpc) is 2.11. The molecule has 1 fully saturated rings. The van der Waals surface area contributed by atoms with Gasteiger partial charge in [-0.1, -0.05) is 6.92 Å². The Labute approximate surface area is 77.6 Å². The van der Waals surface area contributed by atoms with Crippen molar-refractivity contribution >= 4 is 0 Å². The van der Waals surface area contributed by atoms with Crippen LogP contribution in [0.25, 0.3) is 0 Å². The Hall–Kier alpha value is -0.200. The maximum Gasteiger partial charge on any atom is 0.109 e. The van der Waals surface area contributed by atoms with Gasteiger partial charge in [-0.15, -0.1) is 0 Å². The van der Waals surface area contributed by atoms with Crippen LogP contribution in [0.2, 0.25) is 0 Å². The molecule has 0 bridgehead atoms. The number of rotatable bonds is 2. The highest BCUT2D eigenvalue weighted by Crippen LogP contribution is 2.19. The lowest BCUT2D eigenvalue weighted by Crippen LogP contribution is -2.62. The first kappa shape index (κ1) is 10.9. The Balaban J connectivity index is 2.59. The molecule has 13 heavy (non-hydrogen) atoms. The highest BCUT2D eigenvalue weighted by Gasteiger charge is 2.40. The van der Waals surface area contributed by atoms with Gasteiger partial charge in [0, 0.05) is 12.1 Å². The fourth-order valence-electron chi connectivity index (χ4n) is 1.73. The first-order valence-electron chi connectivity index (χ1n) is 4.61. The number of likely N-dealkylation sites (N-methyl/N-ethyl adjacent to an activating group) is 1. The van der Waals surface area contributed by atoms with Gasteiger partial charge in [0.2, 0.25) is 0 Å². The SMILES string of the molecule is CCN[C@@H]1C[C@H](N)[C@@H](O)[C@H](O)[C@H]1O. The molecule has 1 aliphatic carbocycles. The van der Waals surface area contributed by atoms with E-state index in [1.165, 1.54) is 0 Å². The van der Waals surface area contributed by atoms with Crippen molar-refractivity contribution in [3.8, 4) is 0 Å². The van der Waals surface area contributed by atoms with E-state index in [1.54, 1.807) is 0 Å². The average molecular weight is 190 g/mol. The van der Waals surface area contributed by atoms with Crippen LogP contribution >= 0.6 is 0 Å². The topological polar surface area (TPSA) is 98.7 Å². The highest BCUT2D eigenvalue weighted by atomic mass is 16.4. The highest BCUT2D eigenvalue weighted by molar-refractivity contribution is 4.97. The number of nitrogens with one attached hydrogen (secondary N) is 1. The third-order valence-electron chi connectivity index (χ3n) is 2.54. The van der Waals surface area contributed by atoms with E-state index in [1.807, 2.05) is 6.92 Å². The summed E-state index contributed by atoms with van der Waals surface area (Å²) in [5, 5.41) is 31.3. The summed E-state index contributed by atoms with van der Waals surface area (Å²) in [5.74, 6) is 0. The first-order chi connectivity index (χ1) is 6.07. The maximum absolute atomic E-state index is 9.53. The second-order valence-electron chi connectivity index (χ2n) is 3.54. The fraction of sp³-hybridized carbons (Fsp3) is 1.00. The molecule has 0 unspecified atom stereocenters. The molecule has 0 aromatic rings. The summed E-state index contributed by atoms with van der Waals surface area (Å²) in [6.07, 6.45) is -2.62. The van der Waals surface area contributed by atoms with Crippen LogP contribution in [0.3, 0.4) is 0 Å². The van der Waals surface area contributed by atoms with Crippen LogP contribution in [0.5, 0.6) is 0 Å². The van der Waals surface area contributed by atoms with Crippen LogP contribution < -0.4 is 11.1 Å². The van der Waals surface area contributed by atoms with Gasteiger partial charge >= 0.3 is 0 Å². The van der Waals surface area contributed by atoms with Crippen LogP contribution in [-0.4, -0.2) is 52.3 Å². The molecular weight excluding hydrogens is 172 g/mol. The zero-order chi connectivity index (χ0) is 10.0. The van der Waals surface area contributed by atoms with Crippen molar-refractivity contribution in [3.05, 3.63) is 0 Å². The quantitative estimate of drug-likeness (QED) is 0.340. The van der Waals surface area contributed by atoms with Gasteiger partial charge in [0.1, 0.15) is 6.10 Å². The van der Waals surface area contributed by atoms with Crippen molar-refractivity contribution in [2.75, 3.05) is 6.54 Å². The number of aliphatic hydroxyl groups is 3. The molecule has 0 heterocycles. The van der Waals surface area contributed by atoms with Crippen molar-refractivity contribution in [3.63, 3.8) is 0 Å². The lowest BCUT2D eigenvalue weighted by Gasteiger charge is -2.39. The van der Waals surface area contributed by atoms with Gasteiger partial charge in [-0.25, -0.2) is 0 Å². The molecule has 5 nitrogen and oxygen atoms in total. The van der Waals surface area contributed by atoms with Crippen molar-refractivity contribution in [2.45, 2.75) is 43.7 Å². The van der Waals surface area contributed by atoms with E-state index in [4.69, 9.17) is 5.73 Å². The zero-order valence-corrected chi connectivity index (χ0v) is 7.72. The van der Waals surface area contributed by atoms with Gasteiger partial charge in [-0.05, 0) is 13.0 Å². The Morgan fingerprint density at radius 1 is 1.23 bits per heavy atom. The molecule has 0 aromatic heterocycles. The molecular formula is C8H18N2O3. The predicted octanol–water partition coefficient (Wildman–Crippen LogP) is -2.22. The van der Waals surface area contributed by atoms with Crippen molar-refractivity contribution < 1.29 is 15.3 Å². The summed E-state index contributed by atoms with van der Waals surface area (Å²) in [7, 11) is 0. The molecule has 1 saturated carbocycles. The Kier molecular flexibility index (Phi) is 3.63. The van der Waals surface area contributed by atoms with Gasteiger partial charge < -0.3 is 26.4 Å². The summed E-state index contributed by atoms with van der Waals surface area (Å²) in [5.41, 5.74) is 5.59. The van der Waals surface area contributed by atoms with Crippen molar-refractivity contribution in [2.24, 2.45) is 5.73 Å².